The first-order valence-electron chi connectivity index (χ1n) is 12.1. The highest BCUT2D eigenvalue weighted by molar-refractivity contribution is 7.92. The standard InChI is InChI=1S/C28H32FN3O6S/c1-19-10-12-22(13-11-19)32(39(35,36)23-14-15-25(37-4)26(16-23)38-5)18-27(33)31(20(2)28(34)30-3)17-21-8-6-7-9-24(21)29/h6-16,20H,17-18H2,1-5H3,(H,30,34)/t20-/m1/s1. The van der Waals surface area contributed by atoms with Gasteiger partial charge in [0.1, 0.15) is 18.4 Å². The summed E-state index contributed by atoms with van der Waals surface area (Å²) < 4.78 is 53.8. The molecule has 0 fully saturated rings. The van der Waals surface area contributed by atoms with Crippen LogP contribution in [0.1, 0.15) is 18.1 Å². The number of benzene rings is 3. The van der Waals surface area contributed by atoms with Crippen LogP contribution in [-0.4, -0.2) is 59.0 Å². The molecule has 3 aromatic carbocycles. The number of ether oxygens (including phenoxy) is 2. The van der Waals surface area contributed by atoms with Gasteiger partial charge in [0.15, 0.2) is 11.5 Å². The molecule has 0 heterocycles. The van der Waals surface area contributed by atoms with Crippen LogP contribution in [0.4, 0.5) is 10.1 Å². The van der Waals surface area contributed by atoms with Crippen molar-refractivity contribution in [3.8, 4) is 11.5 Å². The fourth-order valence-electron chi connectivity index (χ4n) is 3.95. The van der Waals surface area contributed by atoms with Gasteiger partial charge in [-0.25, -0.2) is 12.8 Å². The summed E-state index contributed by atoms with van der Waals surface area (Å²) in [6.45, 7) is 2.47. The number of methoxy groups -OCH3 is 2. The molecule has 1 N–H and O–H groups in total. The van der Waals surface area contributed by atoms with E-state index in [1.54, 1.807) is 30.3 Å². The Morgan fingerprint density at radius 2 is 1.62 bits per heavy atom. The van der Waals surface area contributed by atoms with Gasteiger partial charge in [-0.2, -0.15) is 0 Å². The molecule has 0 radical (unpaired) electrons. The van der Waals surface area contributed by atoms with Gasteiger partial charge >= 0.3 is 0 Å². The van der Waals surface area contributed by atoms with E-state index < -0.39 is 40.2 Å². The van der Waals surface area contributed by atoms with Crippen molar-refractivity contribution in [3.05, 3.63) is 83.7 Å². The van der Waals surface area contributed by atoms with E-state index in [4.69, 9.17) is 9.47 Å². The molecule has 208 valence electrons. The molecule has 0 bridgehead atoms. The first-order valence-corrected chi connectivity index (χ1v) is 13.5. The second-order valence-corrected chi connectivity index (χ2v) is 10.6. The maximum Gasteiger partial charge on any atom is 0.264 e. The molecule has 9 nitrogen and oxygen atoms in total. The Morgan fingerprint density at radius 1 is 0.974 bits per heavy atom. The number of nitrogens with one attached hydrogen (secondary N) is 1. The number of sulfonamides is 1. The van der Waals surface area contributed by atoms with E-state index in [0.29, 0.717) is 5.75 Å². The summed E-state index contributed by atoms with van der Waals surface area (Å²) in [4.78, 5) is 27.3. The zero-order chi connectivity index (χ0) is 28.7. The van der Waals surface area contributed by atoms with E-state index in [0.717, 1.165) is 14.8 Å². The molecule has 0 aliphatic rings. The lowest BCUT2D eigenvalue weighted by Gasteiger charge is -2.32. The third-order valence-electron chi connectivity index (χ3n) is 6.26. The Labute approximate surface area is 228 Å². The summed E-state index contributed by atoms with van der Waals surface area (Å²) in [5.41, 5.74) is 1.32. The second-order valence-electron chi connectivity index (χ2n) is 8.77. The minimum absolute atomic E-state index is 0.131. The Hall–Kier alpha value is -4.12. The molecule has 0 aliphatic carbocycles. The lowest BCUT2D eigenvalue weighted by atomic mass is 10.1. The average Bonchev–Trinajstić information content (AvgIpc) is 2.94. The molecule has 11 heteroatoms. The maximum absolute atomic E-state index is 14.5. The minimum atomic E-state index is -4.31. The molecule has 0 aromatic heterocycles. The van der Waals surface area contributed by atoms with Gasteiger partial charge in [0.2, 0.25) is 11.8 Å². The number of rotatable bonds is 11. The van der Waals surface area contributed by atoms with E-state index >= 15 is 0 Å². The fourth-order valence-corrected chi connectivity index (χ4v) is 5.38. The van der Waals surface area contributed by atoms with E-state index in [-0.39, 0.29) is 28.4 Å². The van der Waals surface area contributed by atoms with Crippen molar-refractivity contribution >= 4 is 27.5 Å². The number of carbonyl (C=O) groups is 2. The van der Waals surface area contributed by atoms with E-state index in [1.165, 1.54) is 64.6 Å². The van der Waals surface area contributed by atoms with Crippen LogP contribution in [0.5, 0.6) is 11.5 Å². The Morgan fingerprint density at radius 3 is 2.21 bits per heavy atom. The average molecular weight is 558 g/mol. The van der Waals surface area contributed by atoms with Crippen molar-refractivity contribution in [1.82, 2.24) is 10.2 Å². The van der Waals surface area contributed by atoms with E-state index in [9.17, 15) is 22.4 Å². The molecule has 2 amide bonds. The lowest BCUT2D eigenvalue weighted by molar-refractivity contribution is -0.139. The number of nitrogens with zero attached hydrogens (tertiary/aromatic N) is 2. The van der Waals surface area contributed by atoms with Crippen LogP contribution >= 0.6 is 0 Å². The smallest absolute Gasteiger partial charge is 0.264 e. The molecule has 0 aliphatic heterocycles. The summed E-state index contributed by atoms with van der Waals surface area (Å²) in [6.07, 6.45) is 0. The molecule has 1 atom stereocenters. The second kappa shape index (κ2) is 12.6. The summed E-state index contributed by atoms with van der Waals surface area (Å²) in [7, 11) is -0.0718. The van der Waals surface area contributed by atoms with Gasteiger partial charge < -0.3 is 19.7 Å². The van der Waals surface area contributed by atoms with Crippen LogP contribution in [0.3, 0.4) is 0 Å². The quantitative estimate of drug-likeness (QED) is 0.387. The van der Waals surface area contributed by atoms with E-state index in [2.05, 4.69) is 5.32 Å². The topological polar surface area (TPSA) is 105 Å². The summed E-state index contributed by atoms with van der Waals surface area (Å²) >= 11 is 0. The molecule has 3 aromatic rings. The zero-order valence-electron chi connectivity index (χ0n) is 22.5. The van der Waals surface area contributed by atoms with Crippen LogP contribution < -0.4 is 19.1 Å². The van der Waals surface area contributed by atoms with Crippen molar-refractivity contribution in [2.45, 2.75) is 31.3 Å². The number of hydrogen-bond acceptors (Lipinski definition) is 6. The Balaban J connectivity index is 2.08. The number of likely N-dealkylation sites (N-methyl/N-ethyl adjacent to an activating group) is 1. The number of hydrogen-bond donors (Lipinski definition) is 1. The van der Waals surface area contributed by atoms with Crippen molar-refractivity contribution < 1.29 is 31.9 Å². The highest BCUT2D eigenvalue weighted by atomic mass is 32.2. The van der Waals surface area contributed by atoms with Gasteiger partial charge in [-0.1, -0.05) is 35.9 Å². The summed E-state index contributed by atoms with van der Waals surface area (Å²) in [5, 5.41) is 2.49. The molecular weight excluding hydrogens is 525 g/mol. The summed E-state index contributed by atoms with van der Waals surface area (Å²) in [6, 6.07) is 15.6. The van der Waals surface area contributed by atoms with Gasteiger partial charge in [-0.05, 0) is 44.2 Å². The van der Waals surface area contributed by atoms with Crippen LogP contribution in [0.2, 0.25) is 0 Å². The van der Waals surface area contributed by atoms with Gasteiger partial charge in [-0.3, -0.25) is 13.9 Å². The highest BCUT2D eigenvalue weighted by Crippen LogP contribution is 2.32. The third-order valence-corrected chi connectivity index (χ3v) is 8.03. The molecular formula is C28H32FN3O6S. The van der Waals surface area contributed by atoms with Crippen molar-refractivity contribution in [2.24, 2.45) is 0 Å². The van der Waals surface area contributed by atoms with Crippen molar-refractivity contribution in [2.75, 3.05) is 32.1 Å². The zero-order valence-corrected chi connectivity index (χ0v) is 23.3. The number of carbonyl (C=O) groups excluding carboxylic acids is 2. The normalized spacial score (nSPS) is 11.8. The summed E-state index contributed by atoms with van der Waals surface area (Å²) in [5.74, 6) is -1.19. The number of amides is 2. The number of anilines is 1. The minimum Gasteiger partial charge on any atom is -0.493 e. The third kappa shape index (κ3) is 6.66. The SMILES string of the molecule is CNC(=O)[C@@H](C)N(Cc1ccccc1F)C(=O)CN(c1ccc(C)cc1)S(=O)(=O)c1ccc(OC)c(OC)c1. The van der Waals surface area contributed by atoms with Crippen molar-refractivity contribution in [1.29, 1.82) is 0 Å². The van der Waals surface area contributed by atoms with Gasteiger partial charge in [0, 0.05) is 25.2 Å². The van der Waals surface area contributed by atoms with Gasteiger partial charge in [0.05, 0.1) is 24.8 Å². The maximum atomic E-state index is 14.5. The fraction of sp³-hybridized carbons (Fsp3) is 0.286. The van der Waals surface area contributed by atoms with Gasteiger partial charge in [-0.15, -0.1) is 0 Å². The van der Waals surface area contributed by atoms with Crippen LogP contribution in [0, 0.1) is 12.7 Å². The lowest BCUT2D eigenvalue weighted by Crippen LogP contribution is -2.50. The van der Waals surface area contributed by atoms with E-state index in [1.807, 2.05) is 6.92 Å². The largest absolute Gasteiger partial charge is 0.493 e. The first-order chi connectivity index (χ1) is 18.5. The van der Waals surface area contributed by atoms with Crippen LogP contribution in [0.25, 0.3) is 0 Å². The predicted molar refractivity (Wildman–Crippen MR) is 146 cm³/mol. The molecule has 0 saturated heterocycles. The van der Waals surface area contributed by atoms with Crippen LogP contribution in [0.15, 0.2) is 71.6 Å². The Kier molecular flexibility index (Phi) is 9.52. The highest BCUT2D eigenvalue weighted by Gasteiger charge is 2.33. The predicted octanol–water partition coefficient (Wildman–Crippen LogP) is 3.51. The molecule has 0 saturated carbocycles. The first kappa shape index (κ1) is 29.4. The molecule has 3 rings (SSSR count). The Bertz CT molecular complexity index is 1430. The molecule has 0 unspecified atom stereocenters. The van der Waals surface area contributed by atoms with Gasteiger partial charge in [0.25, 0.3) is 10.0 Å². The van der Waals surface area contributed by atoms with Crippen LogP contribution in [-0.2, 0) is 26.2 Å². The number of halogens is 1. The monoisotopic (exact) mass is 557 g/mol. The number of aryl methyl sites for hydroxylation is 1. The molecule has 0 spiro atoms. The van der Waals surface area contributed by atoms with Crippen molar-refractivity contribution in [3.63, 3.8) is 0 Å². The molecule has 39 heavy (non-hydrogen) atoms.